The Morgan fingerprint density at radius 3 is 2.75 bits per heavy atom. The van der Waals surface area contributed by atoms with E-state index in [1.165, 1.54) is 6.20 Å². The van der Waals surface area contributed by atoms with E-state index in [0.29, 0.717) is 24.5 Å². The van der Waals surface area contributed by atoms with Crippen molar-refractivity contribution >= 4 is 11.8 Å². The van der Waals surface area contributed by atoms with Crippen molar-refractivity contribution in [2.75, 3.05) is 27.2 Å². The van der Waals surface area contributed by atoms with Crippen LogP contribution in [0.4, 0.5) is 0 Å². The molecule has 2 aromatic heterocycles. The zero-order chi connectivity index (χ0) is 17.1. The molecule has 3 rings (SSSR count). The van der Waals surface area contributed by atoms with Gasteiger partial charge < -0.3 is 15.5 Å². The fraction of sp³-hybridized carbons (Fsp3) is 0.375. The molecule has 2 amide bonds. The number of hydrogen-bond acceptors (Lipinski definition) is 5. The van der Waals surface area contributed by atoms with Gasteiger partial charge >= 0.3 is 0 Å². The molecular formula is C16H20N6O2. The largest absolute Gasteiger partial charge is 0.359 e. The fourth-order valence-corrected chi connectivity index (χ4v) is 2.91. The number of nitrogens with one attached hydrogen (secondary N) is 2. The van der Waals surface area contributed by atoms with Gasteiger partial charge in [-0.15, -0.1) is 0 Å². The van der Waals surface area contributed by atoms with Gasteiger partial charge in [-0.05, 0) is 25.2 Å². The summed E-state index contributed by atoms with van der Waals surface area (Å²) in [6.07, 6.45) is 4.96. The highest BCUT2D eigenvalue weighted by Gasteiger charge is 2.36. The first-order chi connectivity index (χ1) is 11.6. The minimum absolute atomic E-state index is 0.0585. The second-order valence-corrected chi connectivity index (χ2v) is 5.88. The molecule has 0 unspecified atom stereocenters. The zero-order valence-corrected chi connectivity index (χ0v) is 13.6. The van der Waals surface area contributed by atoms with Crippen LogP contribution in [0.2, 0.25) is 0 Å². The van der Waals surface area contributed by atoms with E-state index in [0.717, 1.165) is 0 Å². The quantitative estimate of drug-likeness (QED) is 0.802. The minimum Gasteiger partial charge on any atom is -0.359 e. The number of hydrogen-bond donors (Lipinski definition) is 2. The van der Waals surface area contributed by atoms with Crippen LogP contribution in [0.15, 0.2) is 36.8 Å². The van der Waals surface area contributed by atoms with Crippen molar-refractivity contribution in [3.8, 4) is 5.82 Å². The molecule has 0 aromatic carbocycles. The lowest BCUT2D eigenvalue weighted by Gasteiger charge is -2.18. The molecule has 8 nitrogen and oxygen atoms in total. The smallest absolute Gasteiger partial charge is 0.253 e. The summed E-state index contributed by atoms with van der Waals surface area (Å²) in [4.78, 5) is 30.7. The van der Waals surface area contributed by atoms with Crippen molar-refractivity contribution in [3.05, 3.63) is 42.4 Å². The molecule has 0 aliphatic carbocycles. The Morgan fingerprint density at radius 1 is 1.29 bits per heavy atom. The van der Waals surface area contributed by atoms with Gasteiger partial charge in [0, 0.05) is 38.7 Å². The van der Waals surface area contributed by atoms with Gasteiger partial charge in [0.15, 0.2) is 5.82 Å². The van der Waals surface area contributed by atoms with Crippen LogP contribution in [0.1, 0.15) is 10.4 Å². The lowest BCUT2D eigenvalue weighted by Crippen LogP contribution is -2.45. The molecule has 8 heteroatoms. The first kappa shape index (κ1) is 16.1. The van der Waals surface area contributed by atoms with Gasteiger partial charge in [0.2, 0.25) is 5.91 Å². The van der Waals surface area contributed by atoms with Crippen molar-refractivity contribution in [3.63, 3.8) is 0 Å². The number of carbonyl (C=O) groups excluding carboxylic acids is 2. The van der Waals surface area contributed by atoms with E-state index < -0.39 is 0 Å². The van der Waals surface area contributed by atoms with Crippen LogP contribution in [0, 0.1) is 5.92 Å². The van der Waals surface area contributed by atoms with E-state index in [2.05, 4.69) is 20.7 Å². The molecule has 1 fully saturated rings. The third-order valence-electron chi connectivity index (χ3n) is 4.15. The van der Waals surface area contributed by atoms with Crippen molar-refractivity contribution in [1.29, 1.82) is 0 Å². The highest BCUT2D eigenvalue weighted by Crippen LogP contribution is 2.16. The average Bonchev–Trinajstić information content (AvgIpc) is 3.24. The predicted octanol–water partition coefficient (Wildman–Crippen LogP) is -0.327. The summed E-state index contributed by atoms with van der Waals surface area (Å²) < 4.78 is 1.62. The highest BCUT2D eigenvalue weighted by molar-refractivity contribution is 5.94. The first-order valence-corrected chi connectivity index (χ1v) is 7.75. The van der Waals surface area contributed by atoms with Crippen LogP contribution < -0.4 is 10.6 Å². The molecule has 0 saturated carbocycles. The predicted molar refractivity (Wildman–Crippen MR) is 87.7 cm³/mol. The highest BCUT2D eigenvalue weighted by atomic mass is 16.2. The molecule has 2 N–H and O–H groups in total. The van der Waals surface area contributed by atoms with E-state index in [1.54, 1.807) is 42.3 Å². The zero-order valence-electron chi connectivity index (χ0n) is 13.6. The van der Waals surface area contributed by atoms with Gasteiger partial charge in [-0.25, -0.2) is 9.67 Å². The Bertz CT molecular complexity index is 713. The summed E-state index contributed by atoms with van der Waals surface area (Å²) in [5, 5.41) is 9.69. The van der Waals surface area contributed by atoms with Crippen LogP contribution in [0.25, 0.3) is 5.82 Å². The molecule has 0 bridgehead atoms. The van der Waals surface area contributed by atoms with E-state index in [9.17, 15) is 9.59 Å². The number of nitrogens with zero attached hydrogens (tertiary/aromatic N) is 4. The molecule has 2 aromatic rings. The normalized spacial score (nSPS) is 20.8. The molecule has 126 valence electrons. The summed E-state index contributed by atoms with van der Waals surface area (Å²) in [6.45, 7) is 1.27. The summed E-state index contributed by atoms with van der Waals surface area (Å²) in [5.74, 6) is 0.0983. The Balaban J connectivity index is 1.69. The standard InChI is InChI=1S/C16H20N6O2/c1-17-16(24)12-9-21(2)10-13(12)20-15(23)11-4-5-14(18-8-11)22-7-3-6-19-22/h3-8,12-13H,9-10H2,1-2H3,(H,17,24)(H,20,23)/t12-,13+/m1/s1. The molecule has 3 heterocycles. The van der Waals surface area contributed by atoms with Gasteiger partial charge in [0.05, 0.1) is 17.5 Å². The van der Waals surface area contributed by atoms with Gasteiger partial charge in [0.25, 0.3) is 5.91 Å². The topological polar surface area (TPSA) is 92.2 Å². The third-order valence-corrected chi connectivity index (χ3v) is 4.15. The maximum Gasteiger partial charge on any atom is 0.253 e. The Hall–Kier alpha value is -2.74. The van der Waals surface area contributed by atoms with Crippen molar-refractivity contribution in [2.24, 2.45) is 5.92 Å². The van der Waals surface area contributed by atoms with Crippen LogP contribution in [-0.2, 0) is 4.79 Å². The molecule has 1 saturated heterocycles. The van der Waals surface area contributed by atoms with Gasteiger partial charge in [-0.3, -0.25) is 9.59 Å². The second-order valence-electron chi connectivity index (χ2n) is 5.88. The molecule has 0 radical (unpaired) electrons. The first-order valence-electron chi connectivity index (χ1n) is 7.75. The van der Waals surface area contributed by atoms with E-state index >= 15 is 0 Å². The number of likely N-dealkylation sites (tertiary alicyclic amines) is 1. The van der Waals surface area contributed by atoms with Crippen molar-refractivity contribution in [1.82, 2.24) is 30.3 Å². The number of aromatic nitrogens is 3. The number of amides is 2. The van der Waals surface area contributed by atoms with Crippen LogP contribution >= 0.6 is 0 Å². The van der Waals surface area contributed by atoms with Crippen molar-refractivity contribution < 1.29 is 9.59 Å². The molecule has 0 spiro atoms. The van der Waals surface area contributed by atoms with Gasteiger partial charge in [-0.1, -0.05) is 0 Å². The van der Waals surface area contributed by atoms with E-state index in [-0.39, 0.29) is 23.8 Å². The lowest BCUT2D eigenvalue weighted by atomic mass is 10.0. The van der Waals surface area contributed by atoms with Gasteiger partial charge in [-0.2, -0.15) is 5.10 Å². The summed E-state index contributed by atoms with van der Waals surface area (Å²) in [6, 6.07) is 5.03. The average molecular weight is 328 g/mol. The monoisotopic (exact) mass is 328 g/mol. The van der Waals surface area contributed by atoms with Crippen molar-refractivity contribution in [2.45, 2.75) is 6.04 Å². The summed E-state index contributed by atoms with van der Waals surface area (Å²) in [5.41, 5.74) is 0.455. The van der Waals surface area contributed by atoms with Crippen LogP contribution in [0.5, 0.6) is 0 Å². The summed E-state index contributed by atoms with van der Waals surface area (Å²) in [7, 11) is 3.54. The Kier molecular flexibility index (Phi) is 4.57. The SMILES string of the molecule is CNC(=O)[C@@H]1CN(C)C[C@@H]1NC(=O)c1ccc(-n2cccn2)nc1. The molecule has 2 atom stereocenters. The van der Waals surface area contributed by atoms with Crippen LogP contribution in [0.3, 0.4) is 0 Å². The van der Waals surface area contributed by atoms with Gasteiger partial charge in [0.1, 0.15) is 0 Å². The maximum atomic E-state index is 12.4. The number of rotatable bonds is 4. The molecule has 1 aliphatic rings. The number of likely N-dealkylation sites (N-methyl/N-ethyl adjacent to an activating group) is 1. The molecular weight excluding hydrogens is 308 g/mol. The fourth-order valence-electron chi connectivity index (χ4n) is 2.91. The number of carbonyl (C=O) groups is 2. The van der Waals surface area contributed by atoms with Crippen LogP contribution in [-0.4, -0.2) is 64.7 Å². The maximum absolute atomic E-state index is 12.4. The Labute approximate surface area is 139 Å². The Morgan fingerprint density at radius 2 is 2.12 bits per heavy atom. The lowest BCUT2D eigenvalue weighted by molar-refractivity contribution is -0.124. The van der Waals surface area contributed by atoms with E-state index in [1.807, 2.05) is 11.9 Å². The second kappa shape index (κ2) is 6.79. The minimum atomic E-state index is -0.250. The number of pyridine rings is 1. The molecule has 1 aliphatic heterocycles. The summed E-state index contributed by atoms with van der Waals surface area (Å²) >= 11 is 0. The van der Waals surface area contributed by atoms with E-state index in [4.69, 9.17) is 0 Å². The third kappa shape index (κ3) is 3.28. The molecule has 24 heavy (non-hydrogen) atoms.